The molecular formula is C28H36ClF3N4O6. The summed E-state index contributed by atoms with van der Waals surface area (Å²) in [5.74, 6) is -1.36. The Kier molecular flexibility index (Phi) is 10.6. The lowest BCUT2D eigenvalue weighted by Gasteiger charge is -2.34. The van der Waals surface area contributed by atoms with E-state index in [1.165, 1.54) is 19.5 Å². The number of nitrogens with zero attached hydrogens (tertiary/aromatic N) is 4. The maximum absolute atomic E-state index is 14.3. The maximum Gasteiger partial charge on any atom is 0.421 e. The molecule has 2 aliphatic rings. The number of alkyl halides is 3. The summed E-state index contributed by atoms with van der Waals surface area (Å²) in [7, 11) is 3.09. The van der Waals surface area contributed by atoms with Crippen molar-refractivity contribution in [3.8, 4) is 11.8 Å². The van der Waals surface area contributed by atoms with Gasteiger partial charge in [-0.1, -0.05) is 18.5 Å². The van der Waals surface area contributed by atoms with Gasteiger partial charge in [0, 0.05) is 70.8 Å². The van der Waals surface area contributed by atoms with Gasteiger partial charge in [0.05, 0.1) is 48.4 Å². The molecule has 232 valence electrons. The lowest BCUT2D eigenvalue weighted by atomic mass is 9.97. The van der Waals surface area contributed by atoms with Gasteiger partial charge in [0.25, 0.3) is 0 Å². The average molecular weight is 617 g/mol. The van der Waals surface area contributed by atoms with Crippen LogP contribution in [0.25, 0.3) is 0 Å². The van der Waals surface area contributed by atoms with E-state index in [9.17, 15) is 23.1 Å². The summed E-state index contributed by atoms with van der Waals surface area (Å²) in [4.78, 5) is 23.5. The van der Waals surface area contributed by atoms with Crippen LogP contribution in [-0.4, -0.2) is 86.4 Å². The highest BCUT2D eigenvalue weighted by Crippen LogP contribution is 2.41. The summed E-state index contributed by atoms with van der Waals surface area (Å²) in [6.45, 7) is 4.01. The topological polar surface area (TPSA) is 106 Å². The molecule has 0 bridgehead atoms. The summed E-state index contributed by atoms with van der Waals surface area (Å²) in [5.41, 5.74) is -0.0976. The van der Waals surface area contributed by atoms with Crippen molar-refractivity contribution in [2.75, 3.05) is 56.9 Å². The number of halogens is 4. The van der Waals surface area contributed by atoms with Crippen LogP contribution in [0.3, 0.4) is 0 Å². The van der Waals surface area contributed by atoms with Crippen molar-refractivity contribution in [3.05, 3.63) is 35.1 Å². The summed E-state index contributed by atoms with van der Waals surface area (Å²) >= 11 is 6.31. The number of rotatable bonds is 12. The SMILES string of the molecule is COCCCO[C@H]1CN(c2cnc(OC3CCN(c4cc(OC)ncc4Cl)CC3)c(C(F)(F)F)c2)[C@@H](CC(=O)O)[C@@H]1C. The fourth-order valence-corrected chi connectivity index (χ4v) is 5.70. The van der Waals surface area contributed by atoms with Crippen molar-refractivity contribution in [2.24, 2.45) is 5.92 Å². The highest BCUT2D eigenvalue weighted by atomic mass is 35.5. The molecule has 4 heterocycles. The van der Waals surface area contributed by atoms with E-state index in [0.29, 0.717) is 56.5 Å². The molecule has 0 aromatic carbocycles. The number of ether oxygens (including phenoxy) is 4. The molecule has 10 nitrogen and oxygen atoms in total. The predicted molar refractivity (Wildman–Crippen MR) is 150 cm³/mol. The number of pyridine rings is 2. The van der Waals surface area contributed by atoms with Crippen molar-refractivity contribution in [1.29, 1.82) is 0 Å². The molecule has 42 heavy (non-hydrogen) atoms. The molecule has 0 unspecified atom stereocenters. The Labute approximate surface area is 247 Å². The van der Waals surface area contributed by atoms with Gasteiger partial charge in [0.15, 0.2) is 0 Å². The van der Waals surface area contributed by atoms with E-state index in [1.54, 1.807) is 18.1 Å². The molecule has 14 heteroatoms. The lowest BCUT2D eigenvalue weighted by Crippen LogP contribution is -2.39. The summed E-state index contributed by atoms with van der Waals surface area (Å²) < 4.78 is 64.8. The van der Waals surface area contributed by atoms with Crippen LogP contribution in [0.15, 0.2) is 24.5 Å². The second-order valence-electron chi connectivity index (χ2n) is 10.5. The Morgan fingerprint density at radius 3 is 2.52 bits per heavy atom. The van der Waals surface area contributed by atoms with E-state index in [0.717, 1.165) is 11.8 Å². The fraction of sp³-hybridized carbons (Fsp3) is 0.607. The minimum Gasteiger partial charge on any atom is -0.481 e. The Bertz CT molecular complexity index is 1210. The van der Waals surface area contributed by atoms with Crippen LogP contribution < -0.4 is 19.3 Å². The van der Waals surface area contributed by atoms with E-state index in [2.05, 4.69) is 9.97 Å². The molecule has 0 radical (unpaired) electrons. The molecule has 2 aromatic heterocycles. The third-order valence-corrected chi connectivity index (χ3v) is 8.02. The highest BCUT2D eigenvalue weighted by Gasteiger charge is 2.43. The van der Waals surface area contributed by atoms with Crippen LogP contribution in [0.4, 0.5) is 24.5 Å². The Morgan fingerprint density at radius 2 is 1.88 bits per heavy atom. The van der Waals surface area contributed by atoms with Gasteiger partial charge < -0.3 is 33.9 Å². The lowest BCUT2D eigenvalue weighted by molar-refractivity contribution is -0.140. The molecule has 0 amide bonds. The van der Waals surface area contributed by atoms with Crippen molar-refractivity contribution in [2.45, 2.75) is 57.0 Å². The third-order valence-electron chi connectivity index (χ3n) is 7.73. The minimum atomic E-state index is -4.73. The summed E-state index contributed by atoms with van der Waals surface area (Å²) in [5, 5.41) is 9.96. The first-order valence-electron chi connectivity index (χ1n) is 13.8. The van der Waals surface area contributed by atoms with Crippen molar-refractivity contribution >= 4 is 28.9 Å². The average Bonchev–Trinajstić information content (AvgIpc) is 3.25. The van der Waals surface area contributed by atoms with Gasteiger partial charge >= 0.3 is 12.1 Å². The number of carboxylic acids is 1. The number of aliphatic carboxylic acids is 1. The van der Waals surface area contributed by atoms with E-state index in [4.69, 9.17) is 30.5 Å². The number of carbonyl (C=O) groups is 1. The number of anilines is 2. The first kappa shape index (κ1) is 31.9. The molecule has 4 rings (SSSR count). The highest BCUT2D eigenvalue weighted by molar-refractivity contribution is 6.33. The zero-order valence-corrected chi connectivity index (χ0v) is 24.5. The molecule has 3 atom stereocenters. The summed E-state index contributed by atoms with van der Waals surface area (Å²) in [6, 6.07) is 2.15. The molecule has 0 spiro atoms. The van der Waals surface area contributed by atoms with Crippen LogP contribution in [0.2, 0.25) is 5.02 Å². The second kappa shape index (κ2) is 14.0. The summed E-state index contributed by atoms with van der Waals surface area (Å²) in [6.07, 6.45) is -1.45. The van der Waals surface area contributed by atoms with Crippen LogP contribution in [0.5, 0.6) is 11.8 Å². The van der Waals surface area contributed by atoms with Gasteiger partial charge in [-0.15, -0.1) is 0 Å². The fourth-order valence-electron chi connectivity index (χ4n) is 5.47. The first-order chi connectivity index (χ1) is 20.0. The molecule has 0 saturated carbocycles. The van der Waals surface area contributed by atoms with E-state index in [-0.39, 0.29) is 30.7 Å². The third kappa shape index (κ3) is 7.67. The van der Waals surface area contributed by atoms with Crippen LogP contribution in [0, 0.1) is 5.92 Å². The number of piperidine rings is 1. The minimum absolute atomic E-state index is 0.173. The molecular weight excluding hydrogens is 581 g/mol. The smallest absolute Gasteiger partial charge is 0.421 e. The molecule has 2 saturated heterocycles. The standard InChI is InChI=1S/C28H36ClF3N4O6/c1-17-22(13-26(37)38)36(16-24(17)41-10-4-9-39-2)18-11-20(28(30,31)32)27(34-14-18)42-19-5-7-35(8-6-19)23-12-25(40-3)33-15-21(23)29/h11-12,14-15,17,19,22,24H,4-10,13,16H2,1-3H3,(H,37,38)/t17-,22-,24-/m0/s1. The van der Waals surface area contributed by atoms with E-state index in [1.807, 2.05) is 11.8 Å². The Morgan fingerprint density at radius 1 is 1.14 bits per heavy atom. The number of hydrogen-bond acceptors (Lipinski definition) is 9. The van der Waals surface area contributed by atoms with E-state index >= 15 is 0 Å². The number of hydrogen-bond donors (Lipinski definition) is 1. The van der Waals surface area contributed by atoms with Gasteiger partial charge in [-0.05, 0) is 12.5 Å². The number of carboxylic acid groups (broad SMARTS) is 1. The molecule has 1 N–H and O–H groups in total. The molecule has 2 aliphatic heterocycles. The molecule has 2 fully saturated rings. The van der Waals surface area contributed by atoms with Crippen LogP contribution in [-0.2, 0) is 20.4 Å². The predicted octanol–water partition coefficient (Wildman–Crippen LogP) is 4.93. The Hall–Kier alpha value is -3.03. The zero-order chi connectivity index (χ0) is 30.4. The first-order valence-corrected chi connectivity index (χ1v) is 14.2. The van der Waals surface area contributed by atoms with Crippen LogP contribution >= 0.6 is 11.6 Å². The van der Waals surface area contributed by atoms with Crippen molar-refractivity contribution in [3.63, 3.8) is 0 Å². The van der Waals surface area contributed by atoms with Crippen LogP contribution in [0.1, 0.15) is 38.2 Å². The van der Waals surface area contributed by atoms with Crippen molar-refractivity contribution in [1.82, 2.24) is 9.97 Å². The normalized spacial score (nSPS) is 21.5. The quantitative estimate of drug-likeness (QED) is 0.330. The molecule has 0 aliphatic carbocycles. The van der Waals surface area contributed by atoms with Crippen molar-refractivity contribution < 1.29 is 42.0 Å². The van der Waals surface area contributed by atoms with E-state index < -0.39 is 35.7 Å². The maximum atomic E-state index is 14.3. The second-order valence-corrected chi connectivity index (χ2v) is 10.9. The Balaban J connectivity index is 1.49. The monoisotopic (exact) mass is 616 g/mol. The van der Waals surface area contributed by atoms with Gasteiger partial charge in [-0.25, -0.2) is 9.97 Å². The molecule has 2 aromatic rings. The number of methoxy groups -OCH3 is 2. The van der Waals surface area contributed by atoms with Gasteiger partial charge in [-0.3, -0.25) is 4.79 Å². The zero-order valence-electron chi connectivity index (χ0n) is 23.8. The van der Waals surface area contributed by atoms with Gasteiger partial charge in [-0.2, -0.15) is 13.2 Å². The number of aromatic nitrogens is 2. The van der Waals surface area contributed by atoms with Gasteiger partial charge in [0.2, 0.25) is 11.8 Å². The van der Waals surface area contributed by atoms with Gasteiger partial charge in [0.1, 0.15) is 11.7 Å². The largest absolute Gasteiger partial charge is 0.481 e.